The Morgan fingerprint density at radius 2 is 1.14 bits per heavy atom. The van der Waals surface area contributed by atoms with Crippen LogP contribution in [0.2, 0.25) is 0 Å². The highest BCUT2D eigenvalue weighted by Gasteiger charge is 2.37. The van der Waals surface area contributed by atoms with E-state index in [1.165, 1.54) is 37.3 Å². The molecule has 188 valence electrons. The van der Waals surface area contributed by atoms with Crippen molar-refractivity contribution in [3.05, 3.63) is 93.0 Å². The molecule has 0 atom stereocenters. The maximum absolute atomic E-state index is 12.9. The number of esters is 1. The summed E-state index contributed by atoms with van der Waals surface area (Å²) in [6.45, 7) is 9.77. The molecule has 1 aliphatic carbocycles. The number of aryl methyl sites for hydroxylation is 4. The molecule has 0 bridgehead atoms. The van der Waals surface area contributed by atoms with E-state index in [0.29, 0.717) is 16.9 Å². The molecule has 36 heavy (non-hydrogen) atoms. The van der Waals surface area contributed by atoms with Crippen LogP contribution in [0.15, 0.2) is 48.5 Å². The van der Waals surface area contributed by atoms with Crippen molar-refractivity contribution < 1.29 is 19.1 Å². The van der Waals surface area contributed by atoms with Gasteiger partial charge in [0.25, 0.3) is 0 Å². The summed E-state index contributed by atoms with van der Waals surface area (Å²) in [6.07, 6.45) is 5.83. The van der Waals surface area contributed by atoms with Crippen molar-refractivity contribution in [3.8, 4) is 11.5 Å². The van der Waals surface area contributed by atoms with Crippen LogP contribution in [0.5, 0.6) is 11.5 Å². The first kappa shape index (κ1) is 25.7. The van der Waals surface area contributed by atoms with E-state index >= 15 is 0 Å². The molecule has 0 unspecified atom stereocenters. The minimum atomic E-state index is -0.419. The lowest BCUT2D eigenvalue weighted by atomic mass is 9.64. The first-order valence-electron chi connectivity index (χ1n) is 12.8. The van der Waals surface area contributed by atoms with Crippen molar-refractivity contribution in [2.45, 2.75) is 72.1 Å². The molecule has 0 amide bonds. The van der Waals surface area contributed by atoms with E-state index in [9.17, 15) is 9.59 Å². The lowest BCUT2D eigenvalue weighted by molar-refractivity contribution is 0.0731. The van der Waals surface area contributed by atoms with Crippen molar-refractivity contribution in [1.29, 1.82) is 0 Å². The fraction of sp³-hybridized carbons (Fsp3) is 0.375. The number of rotatable bonds is 6. The van der Waals surface area contributed by atoms with Gasteiger partial charge >= 0.3 is 5.97 Å². The molecule has 0 saturated heterocycles. The zero-order chi connectivity index (χ0) is 26.0. The van der Waals surface area contributed by atoms with Crippen molar-refractivity contribution in [2.24, 2.45) is 0 Å². The van der Waals surface area contributed by atoms with Gasteiger partial charge in [-0.15, -0.1) is 0 Å². The standard InChI is InChI=1S/C32H36O4/c1-20-16-27(17-21(2)29(20)35-6)32(14-8-7-9-15-32)28-18-22(3)30(23(4)19-28)36-31(34)26-12-10-25(11-13-26)24(5)33/h10-13,16-19H,7-9,14-15H2,1-6H3. The Bertz CT molecular complexity index is 1250. The molecule has 1 fully saturated rings. The molecule has 0 spiro atoms. The number of ketones is 1. The zero-order valence-corrected chi connectivity index (χ0v) is 22.3. The molecule has 4 nitrogen and oxygen atoms in total. The van der Waals surface area contributed by atoms with Gasteiger partial charge in [-0.1, -0.05) is 55.7 Å². The minimum Gasteiger partial charge on any atom is -0.496 e. The van der Waals surface area contributed by atoms with Crippen molar-refractivity contribution in [2.75, 3.05) is 7.11 Å². The second kappa shape index (κ2) is 10.3. The normalized spacial score (nSPS) is 14.8. The third kappa shape index (κ3) is 4.82. The summed E-state index contributed by atoms with van der Waals surface area (Å²) in [5.41, 5.74) is 7.77. The third-order valence-electron chi connectivity index (χ3n) is 7.66. The summed E-state index contributed by atoms with van der Waals surface area (Å²) in [6, 6.07) is 15.6. The minimum absolute atomic E-state index is 0.0314. The van der Waals surface area contributed by atoms with Gasteiger partial charge in [0.2, 0.25) is 0 Å². The van der Waals surface area contributed by atoms with Crippen LogP contribution in [0.4, 0.5) is 0 Å². The molecule has 0 aliphatic heterocycles. The van der Waals surface area contributed by atoms with Crippen LogP contribution in [0.3, 0.4) is 0 Å². The molecule has 1 aliphatic rings. The summed E-state index contributed by atoms with van der Waals surface area (Å²) < 4.78 is 11.5. The summed E-state index contributed by atoms with van der Waals surface area (Å²) in [4.78, 5) is 24.4. The van der Waals surface area contributed by atoms with E-state index in [2.05, 4.69) is 38.1 Å². The van der Waals surface area contributed by atoms with Crippen molar-refractivity contribution >= 4 is 11.8 Å². The van der Waals surface area contributed by atoms with Gasteiger partial charge in [0.1, 0.15) is 11.5 Å². The van der Waals surface area contributed by atoms with E-state index in [1.807, 2.05) is 13.8 Å². The number of hydrogen-bond donors (Lipinski definition) is 0. The molecule has 4 heteroatoms. The average Bonchev–Trinajstić information content (AvgIpc) is 2.86. The topological polar surface area (TPSA) is 52.6 Å². The first-order valence-corrected chi connectivity index (χ1v) is 12.8. The second-order valence-corrected chi connectivity index (χ2v) is 10.2. The largest absolute Gasteiger partial charge is 0.496 e. The van der Waals surface area contributed by atoms with Gasteiger partial charge in [0.05, 0.1) is 12.7 Å². The Morgan fingerprint density at radius 3 is 1.58 bits per heavy atom. The van der Waals surface area contributed by atoms with E-state index in [-0.39, 0.29) is 11.2 Å². The van der Waals surface area contributed by atoms with Crippen molar-refractivity contribution in [1.82, 2.24) is 0 Å². The predicted octanol–water partition coefficient (Wildman–Crippen LogP) is 7.60. The number of ether oxygens (including phenoxy) is 2. The lowest BCUT2D eigenvalue weighted by Gasteiger charge is -2.40. The molecule has 0 heterocycles. The van der Waals surface area contributed by atoms with Crippen LogP contribution in [-0.4, -0.2) is 18.9 Å². The Hall–Kier alpha value is -3.40. The Balaban J connectivity index is 1.71. The number of carbonyl (C=O) groups excluding carboxylic acids is 2. The van der Waals surface area contributed by atoms with Gasteiger partial charge in [-0.3, -0.25) is 4.79 Å². The maximum atomic E-state index is 12.9. The van der Waals surface area contributed by atoms with Gasteiger partial charge in [0.15, 0.2) is 5.78 Å². The van der Waals surface area contributed by atoms with E-state index < -0.39 is 5.97 Å². The number of Topliss-reactive ketones (excluding diaryl/α,β-unsaturated/α-hetero) is 1. The van der Waals surface area contributed by atoms with Crippen LogP contribution >= 0.6 is 0 Å². The molecular weight excluding hydrogens is 448 g/mol. The average molecular weight is 485 g/mol. The maximum Gasteiger partial charge on any atom is 0.343 e. The van der Waals surface area contributed by atoms with E-state index in [0.717, 1.165) is 40.8 Å². The number of carbonyl (C=O) groups is 2. The summed E-state index contributed by atoms with van der Waals surface area (Å²) in [5, 5.41) is 0. The zero-order valence-electron chi connectivity index (χ0n) is 22.3. The SMILES string of the molecule is COc1c(C)cc(C2(c3cc(C)c(OC(=O)c4ccc(C(C)=O)cc4)c(C)c3)CCCCC2)cc1C. The highest BCUT2D eigenvalue weighted by molar-refractivity contribution is 5.96. The van der Waals surface area contributed by atoms with Gasteiger partial charge < -0.3 is 9.47 Å². The smallest absolute Gasteiger partial charge is 0.343 e. The molecule has 0 N–H and O–H groups in total. The first-order chi connectivity index (χ1) is 17.2. The summed E-state index contributed by atoms with van der Waals surface area (Å²) in [5.74, 6) is 1.11. The van der Waals surface area contributed by atoms with Gasteiger partial charge in [-0.2, -0.15) is 0 Å². The highest BCUT2D eigenvalue weighted by Crippen LogP contribution is 2.47. The van der Waals surface area contributed by atoms with Crippen LogP contribution < -0.4 is 9.47 Å². The molecule has 1 saturated carbocycles. The molecule has 3 aromatic carbocycles. The highest BCUT2D eigenvalue weighted by atomic mass is 16.5. The second-order valence-electron chi connectivity index (χ2n) is 10.2. The monoisotopic (exact) mass is 484 g/mol. The Kier molecular flexibility index (Phi) is 7.35. The molecule has 0 aromatic heterocycles. The Morgan fingerprint density at radius 1 is 0.694 bits per heavy atom. The molecular formula is C32H36O4. The van der Waals surface area contributed by atoms with Gasteiger partial charge in [-0.25, -0.2) is 4.79 Å². The van der Waals surface area contributed by atoms with E-state index in [4.69, 9.17) is 9.47 Å². The molecule has 4 rings (SSSR count). The number of methoxy groups -OCH3 is 1. The van der Waals surface area contributed by atoms with Crippen LogP contribution in [0.25, 0.3) is 0 Å². The van der Waals surface area contributed by atoms with Crippen LogP contribution in [0, 0.1) is 27.7 Å². The van der Waals surface area contributed by atoms with Gasteiger partial charge in [0, 0.05) is 11.0 Å². The molecule has 0 radical (unpaired) electrons. The fourth-order valence-corrected chi connectivity index (χ4v) is 5.83. The number of hydrogen-bond acceptors (Lipinski definition) is 4. The summed E-state index contributed by atoms with van der Waals surface area (Å²) >= 11 is 0. The quantitative estimate of drug-likeness (QED) is 0.205. The third-order valence-corrected chi connectivity index (χ3v) is 7.66. The number of benzene rings is 3. The van der Waals surface area contributed by atoms with Gasteiger partial charge in [-0.05, 0) is 93.0 Å². The predicted molar refractivity (Wildman–Crippen MR) is 144 cm³/mol. The van der Waals surface area contributed by atoms with Crippen molar-refractivity contribution in [3.63, 3.8) is 0 Å². The van der Waals surface area contributed by atoms with E-state index in [1.54, 1.807) is 31.4 Å². The van der Waals surface area contributed by atoms with Crippen LogP contribution in [-0.2, 0) is 5.41 Å². The summed E-state index contributed by atoms with van der Waals surface area (Å²) in [7, 11) is 1.73. The fourth-order valence-electron chi connectivity index (χ4n) is 5.83. The lowest BCUT2D eigenvalue weighted by Crippen LogP contribution is -2.31. The molecule has 3 aromatic rings. The Labute approximate surface area is 214 Å². The van der Waals surface area contributed by atoms with Crippen LogP contribution in [0.1, 0.15) is 93.1 Å².